The second-order valence-corrected chi connectivity index (χ2v) is 4.62. The number of nitrogens with zero attached hydrogens (tertiary/aromatic N) is 5. The van der Waals surface area contributed by atoms with Gasteiger partial charge in [0, 0.05) is 6.04 Å². The van der Waals surface area contributed by atoms with E-state index in [1.54, 1.807) is 29.0 Å². The Bertz CT molecular complexity index is 708. The molecule has 0 aliphatic heterocycles. The van der Waals surface area contributed by atoms with Crippen LogP contribution in [-0.4, -0.2) is 31.1 Å². The molecule has 0 saturated heterocycles. The Kier molecular flexibility index (Phi) is 3.24. The van der Waals surface area contributed by atoms with Gasteiger partial charge in [-0.05, 0) is 41.5 Å². The Hall–Kier alpha value is -2.57. The van der Waals surface area contributed by atoms with Gasteiger partial charge in [-0.1, -0.05) is 12.1 Å². The van der Waals surface area contributed by atoms with Crippen molar-refractivity contribution in [1.82, 2.24) is 25.0 Å². The Morgan fingerprint density at radius 1 is 1.25 bits per heavy atom. The van der Waals surface area contributed by atoms with E-state index in [4.69, 9.17) is 0 Å². The molecule has 0 fully saturated rings. The molecule has 0 amide bonds. The van der Waals surface area contributed by atoms with Crippen LogP contribution in [0.1, 0.15) is 12.5 Å². The number of rotatable bonds is 4. The lowest BCUT2D eigenvalue weighted by Crippen LogP contribution is -2.20. The number of benzene rings is 1. The zero-order chi connectivity index (χ0) is 13.9. The van der Waals surface area contributed by atoms with Gasteiger partial charge in [-0.2, -0.15) is 4.52 Å². The molecule has 0 aliphatic rings. The van der Waals surface area contributed by atoms with E-state index < -0.39 is 0 Å². The van der Waals surface area contributed by atoms with Crippen LogP contribution in [0.3, 0.4) is 0 Å². The first-order chi connectivity index (χ1) is 9.72. The summed E-state index contributed by atoms with van der Waals surface area (Å²) in [5.41, 5.74) is 1.65. The van der Waals surface area contributed by atoms with E-state index in [0.717, 1.165) is 17.8 Å². The third-order valence-corrected chi connectivity index (χ3v) is 2.96. The Labute approximate surface area is 114 Å². The molecule has 7 heteroatoms. The summed E-state index contributed by atoms with van der Waals surface area (Å²) in [6.07, 6.45) is 4.03. The highest BCUT2D eigenvalue weighted by Gasteiger charge is 2.08. The molecule has 0 radical (unpaired) electrons. The van der Waals surface area contributed by atoms with Crippen molar-refractivity contribution < 1.29 is 4.39 Å². The lowest BCUT2D eigenvalue weighted by Gasteiger charge is -2.15. The number of nitrogens with one attached hydrogen (secondary N) is 1. The largest absolute Gasteiger partial charge is 0.366 e. The molecule has 20 heavy (non-hydrogen) atoms. The van der Waals surface area contributed by atoms with Crippen molar-refractivity contribution in [2.24, 2.45) is 0 Å². The molecular weight excluding hydrogens is 259 g/mol. The minimum Gasteiger partial charge on any atom is -0.366 e. The van der Waals surface area contributed by atoms with Gasteiger partial charge in [-0.3, -0.25) is 4.98 Å². The fraction of sp³-hybridized carbons (Fsp3) is 0.231. The van der Waals surface area contributed by atoms with E-state index in [2.05, 4.69) is 25.8 Å². The Balaban J connectivity index is 1.74. The van der Waals surface area contributed by atoms with E-state index in [-0.39, 0.29) is 11.9 Å². The lowest BCUT2D eigenvalue weighted by molar-refractivity contribution is 0.626. The number of hydrogen-bond donors (Lipinski definition) is 1. The van der Waals surface area contributed by atoms with Crippen LogP contribution in [0.5, 0.6) is 0 Å². The van der Waals surface area contributed by atoms with Crippen LogP contribution in [0, 0.1) is 5.82 Å². The first-order valence-electron chi connectivity index (χ1n) is 6.25. The van der Waals surface area contributed by atoms with Crippen molar-refractivity contribution in [3.05, 3.63) is 48.0 Å². The molecule has 1 atom stereocenters. The van der Waals surface area contributed by atoms with Gasteiger partial charge in [-0.15, -0.1) is 5.10 Å². The van der Waals surface area contributed by atoms with Gasteiger partial charge < -0.3 is 5.32 Å². The number of aromatic nitrogens is 5. The van der Waals surface area contributed by atoms with Crippen molar-refractivity contribution in [3.63, 3.8) is 0 Å². The summed E-state index contributed by atoms with van der Waals surface area (Å²) in [5.74, 6) is 0.499. The van der Waals surface area contributed by atoms with Crippen molar-refractivity contribution >= 4 is 11.5 Å². The van der Waals surface area contributed by atoms with Crippen molar-refractivity contribution in [3.8, 4) is 0 Å². The number of hydrogen-bond acceptors (Lipinski definition) is 5. The predicted molar refractivity (Wildman–Crippen MR) is 71.8 cm³/mol. The molecular formula is C13H13FN6. The highest BCUT2D eigenvalue weighted by Crippen LogP contribution is 2.11. The molecule has 0 spiro atoms. The van der Waals surface area contributed by atoms with E-state index in [1.165, 1.54) is 12.1 Å². The third-order valence-electron chi connectivity index (χ3n) is 2.96. The number of anilines is 1. The summed E-state index contributed by atoms with van der Waals surface area (Å²) in [4.78, 5) is 4.08. The molecule has 6 nitrogen and oxygen atoms in total. The summed E-state index contributed by atoms with van der Waals surface area (Å²) in [7, 11) is 0. The highest BCUT2D eigenvalue weighted by molar-refractivity contribution is 5.44. The second-order valence-electron chi connectivity index (χ2n) is 4.62. The quantitative estimate of drug-likeness (QED) is 0.783. The van der Waals surface area contributed by atoms with Gasteiger partial charge in [0.1, 0.15) is 5.82 Å². The maximum atomic E-state index is 12.9. The average molecular weight is 272 g/mol. The van der Waals surface area contributed by atoms with Crippen LogP contribution >= 0.6 is 0 Å². The third kappa shape index (κ3) is 2.56. The first kappa shape index (κ1) is 12.5. The molecule has 1 aromatic carbocycles. The SMILES string of the molecule is CC(Cc1ccc(F)cc1)Nc1cncc2nnnn12. The number of halogens is 1. The van der Waals surface area contributed by atoms with Crippen LogP contribution in [0.15, 0.2) is 36.7 Å². The fourth-order valence-electron chi connectivity index (χ4n) is 2.05. The molecule has 0 saturated carbocycles. The Morgan fingerprint density at radius 2 is 2.05 bits per heavy atom. The summed E-state index contributed by atoms with van der Waals surface area (Å²) in [6, 6.07) is 6.63. The van der Waals surface area contributed by atoms with Crippen LogP contribution < -0.4 is 5.32 Å². The minimum atomic E-state index is -0.225. The maximum absolute atomic E-state index is 12.9. The first-order valence-corrected chi connectivity index (χ1v) is 6.25. The molecule has 102 valence electrons. The van der Waals surface area contributed by atoms with Gasteiger partial charge in [0.05, 0.1) is 12.4 Å². The predicted octanol–water partition coefficient (Wildman–Crippen LogP) is 1.70. The molecule has 0 aliphatic carbocycles. The topological polar surface area (TPSA) is 68.0 Å². The monoisotopic (exact) mass is 272 g/mol. The van der Waals surface area contributed by atoms with Gasteiger partial charge in [-0.25, -0.2) is 4.39 Å². The standard InChI is InChI=1S/C13H13FN6/c1-9(6-10-2-4-11(14)5-3-10)16-12-7-15-8-13-17-18-19-20(12)13/h2-5,7-9,16H,6H2,1H3. The van der Waals surface area contributed by atoms with Crippen molar-refractivity contribution in [1.29, 1.82) is 0 Å². The number of fused-ring (bicyclic) bond motifs is 1. The molecule has 0 bridgehead atoms. The molecule has 2 heterocycles. The lowest BCUT2D eigenvalue weighted by atomic mass is 10.1. The van der Waals surface area contributed by atoms with Crippen molar-refractivity contribution in [2.75, 3.05) is 5.32 Å². The summed E-state index contributed by atoms with van der Waals surface area (Å²) in [5, 5.41) is 14.6. The van der Waals surface area contributed by atoms with Gasteiger partial charge in [0.15, 0.2) is 11.5 Å². The second kappa shape index (κ2) is 5.20. The molecule has 3 rings (SSSR count). The summed E-state index contributed by atoms with van der Waals surface area (Å²) < 4.78 is 14.5. The van der Waals surface area contributed by atoms with Crippen LogP contribution in [0.25, 0.3) is 5.65 Å². The zero-order valence-corrected chi connectivity index (χ0v) is 10.9. The van der Waals surface area contributed by atoms with E-state index >= 15 is 0 Å². The average Bonchev–Trinajstić information content (AvgIpc) is 2.91. The van der Waals surface area contributed by atoms with Gasteiger partial charge in [0.2, 0.25) is 0 Å². The highest BCUT2D eigenvalue weighted by atomic mass is 19.1. The number of tetrazole rings is 1. The molecule has 3 aromatic rings. The van der Waals surface area contributed by atoms with Gasteiger partial charge >= 0.3 is 0 Å². The van der Waals surface area contributed by atoms with Crippen LogP contribution in [-0.2, 0) is 6.42 Å². The Morgan fingerprint density at radius 3 is 2.85 bits per heavy atom. The van der Waals surface area contributed by atoms with E-state index in [9.17, 15) is 4.39 Å². The summed E-state index contributed by atoms with van der Waals surface area (Å²) in [6.45, 7) is 2.03. The van der Waals surface area contributed by atoms with Crippen molar-refractivity contribution in [2.45, 2.75) is 19.4 Å². The van der Waals surface area contributed by atoms with Gasteiger partial charge in [0.25, 0.3) is 0 Å². The maximum Gasteiger partial charge on any atom is 0.199 e. The normalized spacial score (nSPS) is 12.5. The smallest absolute Gasteiger partial charge is 0.199 e. The molecule has 1 N–H and O–H groups in total. The molecule has 2 aromatic heterocycles. The van der Waals surface area contributed by atoms with Crippen LogP contribution in [0.4, 0.5) is 10.2 Å². The van der Waals surface area contributed by atoms with E-state index in [0.29, 0.717) is 5.65 Å². The molecule has 1 unspecified atom stereocenters. The zero-order valence-electron chi connectivity index (χ0n) is 10.9. The minimum absolute atomic E-state index is 0.136. The summed E-state index contributed by atoms with van der Waals surface area (Å²) >= 11 is 0. The fourth-order valence-corrected chi connectivity index (χ4v) is 2.05. The van der Waals surface area contributed by atoms with E-state index in [1.807, 2.05) is 6.92 Å². The van der Waals surface area contributed by atoms with Crippen LogP contribution in [0.2, 0.25) is 0 Å².